The second-order valence-corrected chi connectivity index (χ2v) is 7.25. The standard InChI is InChI=1S/C21H20F2N6O/c1-14(15-3-5-16(6-4-15)20-27-25-13-28(20)2)21(30,10-29-12-24-11-26-29)18-8-7-17(22)9-19(18)23/h3-9,11-14,30H,10H2,1-2H3/t14-,21+/m0/s1. The third-order valence-corrected chi connectivity index (χ3v) is 5.36. The Morgan fingerprint density at radius 2 is 1.87 bits per heavy atom. The molecule has 0 saturated carbocycles. The molecule has 0 aliphatic heterocycles. The summed E-state index contributed by atoms with van der Waals surface area (Å²) in [5, 5.41) is 23.7. The molecular weight excluding hydrogens is 390 g/mol. The van der Waals surface area contributed by atoms with Crippen molar-refractivity contribution < 1.29 is 13.9 Å². The summed E-state index contributed by atoms with van der Waals surface area (Å²) in [7, 11) is 1.85. The molecule has 0 aliphatic rings. The molecule has 4 rings (SSSR count). The second kappa shape index (κ2) is 7.75. The van der Waals surface area contributed by atoms with Crippen LogP contribution in [-0.4, -0.2) is 34.6 Å². The van der Waals surface area contributed by atoms with Gasteiger partial charge in [-0.2, -0.15) is 5.10 Å². The van der Waals surface area contributed by atoms with Crippen molar-refractivity contribution in [3.05, 3.63) is 84.2 Å². The summed E-state index contributed by atoms with van der Waals surface area (Å²) < 4.78 is 31.4. The lowest BCUT2D eigenvalue weighted by Crippen LogP contribution is -2.38. The van der Waals surface area contributed by atoms with Gasteiger partial charge >= 0.3 is 0 Å². The second-order valence-electron chi connectivity index (χ2n) is 7.25. The first-order valence-electron chi connectivity index (χ1n) is 9.33. The summed E-state index contributed by atoms with van der Waals surface area (Å²) in [6.07, 6.45) is 4.39. The smallest absolute Gasteiger partial charge is 0.163 e. The topological polar surface area (TPSA) is 81.6 Å². The molecule has 0 fully saturated rings. The first kappa shape index (κ1) is 19.8. The van der Waals surface area contributed by atoms with Gasteiger partial charge in [-0.3, -0.25) is 0 Å². The minimum atomic E-state index is -1.70. The summed E-state index contributed by atoms with van der Waals surface area (Å²) in [6.45, 7) is 1.73. The van der Waals surface area contributed by atoms with E-state index in [9.17, 15) is 13.9 Å². The van der Waals surface area contributed by atoms with E-state index in [1.165, 1.54) is 23.4 Å². The molecule has 7 nitrogen and oxygen atoms in total. The van der Waals surface area contributed by atoms with Crippen LogP contribution in [0.25, 0.3) is 11.4 Å². The van der Waals surface area contributed by atoms with Gasteiger partial charge in [0.25, 0.3) is 0 Å². The highest BCUT2D eigenvalue weighted by atomic mass is 19.1. The molecule has 2 heterocycles. The monoisotopic (exact) mass is 410 g/mol. The highest BCUT2D eigenvalue weighted by Gasteiger charge is 2.40. The lowest BCUT2D eigenvalue weighted by Gasteiger charge is -2.35. The molecule has 0 spiro atoms. The van der Waals surface area contributed by atoms with Crippen LogP contribution >= 0.6 is 0 Å². The van der Waals surface area contributed by atoms with Gasteiger partial charge in [0, 0.05) is 30.2 Å². The van der Waals surface area contributed by atoms with E-state index in [-0.39, 0.29) is 12.1 Å². The van der Waals surface area contributed by atoms with Gasteiger partial charge in [-0.05, 0) is 11.6 Å². The number of halogens is 2. The van der Waals surface area contributed by atoms with Crippen LogP contribution in [0.4, 0.5) is 8.78 Å². The fourth-order valence-electron chi connectivity index (χ4n) is 3.60. The summed E-state index contributed by atoms with van der Waals surface area (Å²) in [4.78, 5) is 3.89. The van der Waals surface area contributed by atoms with Crippen LogP contribution in [0.2, 0.25) is 0 Å². The zero-order valence-electron chi connectivity index (χ0n) is 16.4. The van der Waals surface area contributed by atoms with E-state index < -0.39 is 23.2 Å². The van der Waals surface area contributed by atoms with Crippen LogP contribution in [0.5, 0.6) is 0 Å². The van der Waals surface area contributed by atoms with Crippen LogP contribution in [0.1, 0.15) is 24.0 Å². The van der Waals surface area contributed by atoms with Crippen LogP contribution < -0.4 is 0 Å². The Balaban J connectivity index is 1.74. The molecule has 0 radical (unpaired) electrons. The number of nitrogens with zero attached hydrogens (tertiary/aromatic N) is 6. The largest absolute Gasteiger partial charge is 0.382 e. The molecule has 0 bridgehead atoms. The van der Waals surface area contributed by atoms with E-state index in [2.05, 4.69) is 20.3 Å². The summed E-state index contributed by atoms with van der Waals surface area (Å²) >= 11 is 0. The third-order valence-electron chi connectivity index (χ3n) is 5.36. The Kier molecular flexibility index (Phi) is 5.13. The highest BCUT2D eigenvalue weighted by Crippen LogP contribution is 2.40. The number of benzene rings is 2. The van der Waals surface area contributed by atoms with Crippen molar-refractivity contribution in [2.24, 2.45) is 7.05 Å². The Hall–Kier alpha value is -3.46. The quantitative estimate of drug-likeness (QED) is 0.528. The van der Waals surface area contributed by atoms with Crippen molar-refractivity contribution in [1.82, 2.24) is 29.5 Å². The first-order chi connectivity index (χ1) is 14.4. The molecule has 2 aromatic carbocycles. The Bertz CT molecular complexity index is 1140. The molecule has 0 amide bonds. The van der Waals surface area contributed by atoms with Gasteiger partial charge in [0.05, 0.1) is 6.54 Å². The average Bonchev–Trinajstić information content (AvgIpc) is 3.39. The van der Waals surface area contributed by atoms with Crippen LogP contribution in [-0.2, 0) is 19.2 Å². The molecule has 154 valence electrons. The Morgan fingerprint density at radius 1 is 1.10 bits per heavy atom. The lowest BCUT2D eigenvalue weighted by molar-refractivity contribution is -0.0112. The zero-order valence-corrected chi connectivity index (χ0v) is 16.4. The number of aliphatic hydroxyl groups is 1. The van der Waals surface area contributed by atoms with Gasteiger partial charge < -0.3 is 9.67 Å². The van der Waals surface area contributed by atoms with E-state index in [0.29, 0.717) is 5.82 Å². The Labute approximate surface area is 171 Å². The number of aromatic nitrogens is 6. The molecule has 1 N–H and O–H groups in total. The predicted molar refractivity (Wildman–Crippen MR) is 105 cm³/mol. The van der Waals surface area contributed by atoms with E-state index in [1.54, 1.807) is 17.8 Å². The van der Waals surface area contributed by atoms with Crippen LogP contribution in [0.3, 0.4) is 0 Å². The van der Waals surface area contributed by atoms with Gasteiger partial charge in [0.15, 0.2) is 5.82 Å². The molecule has 0 aliphatic carbocycles. The van der Waals surface area contributed by atoms with Gasteiger partial charge in [-0.1, -0.05) is 37.3 Å². The molecule has 2 aromatic heterocycles. The number of hydrogen-bond acceptors (Lipinski definition) is 5. The minimum absolute atomic E-state index is 0.00993. The molecule has 0 saturated heterocycles. The van der Waals surface area contributed by atoms with Crippen molar-refractivity contribution in [2.75, 3.05) is 0 Å². The zero-order chi connectivity index (χ0) is 21.3. The van der Waals surface area contributed by atoms with Crippen molar-refractivity contribution in [1.29, 1.82) is 0 Å². The third kappa shape index (κ3) is 3.59. The van der Waals surface area contributed by atoms with Gasteiger partial charge in [-0.15, -0.1) is 10.2 Å². The lowest BCUT2D eigenvalue weighted by atomic mass is 9.78. The molecule has 2 atom stereocenters. The SMILES string of the molecule is C[C@@H](c1ccc(-c2nncn2C)cc1)[C@](O)(Cn1cncn1)c1ccc(F)cc1F. The maximum absolute atomic E-state index is 14.7. The maximum Gasteiger partial charge on any atom is 0.163 e. The molecular formula is C21H20F2N6O. The van der Waals surface area contributed by atoms with Crippen LogP contribution in [0, 0.1) is 11.6 Å². The average molecular weight is 410 g/mol. The van der Waals surface area contributed by atoms with Gasteiger partial charge in [0.1, 0.15) is 36.2 Å². The van der Waals surface area contributed by atoms with Crippen molar-refractivity contribution in [2.45, 2.75) is 25.0 Å². The molecule has 4 aromatic rings. The van der Waals surface area contributed by atoms with Crippen molar-refractivity contribution in [3.8, 4) is 11.4 Å². The highest BCUT2D eigenvalue weighted by molar-refractivity contribution is 5.55. The Morgan fingerprint density at radius 3 is 2.47 bits per heavy atom. The van der Waals surface area contributed by atoms with E-state index in [1.807, 2.05) is 31.3 Å². The van der Waals surface area contributed by atoms with E-state index >= 15 is 0 Å². The summed E-state index contributed by atoms with van der Waals surface area (Å²) in [6, 6.07) is 10.6. The number of hydrogen-bond donors (Lipinski definition) is 1. The van der Waals surface area contributed by atoms with Crippen molar-refractivity contribution in [3.63, 3.8) is 0 Å². The van der Waals surface area contributed by atoms with E-state index in [4.69, 9.17) is 0 Å². The van der Waals surface area contributed by atoms with Gasteiger partial charge in [0.2, 0.25) is 0 Å². The van der Waals surface area contributed by atoms with Gasteiger partial charge in [-0.25, -0.2) is 18.4 Å². The molecule has 30 heavy (non-hydrogen) atoms. The molecule has 9 heteroatoms. The normalized spacial score (nSPS) is 14.4. The molecule has 0 unspecified atom stereocenters. The number of aryl methyl sites for hydroxylation is 1. The summed E-state index contributed by atoms with van der Waals surface area (Å²) in [5.41, 5.74) is -0.0760. The van der Waals surface area contributed by atoms with E-state index in [0.717, 1.165) is 23.3 Å². The number of rotatable bonds is 6. The van der Waals surface area contributed by atoms with Crippen molar-refractivity contribution >= 4 is 0 Å². The minimum Gasteiger partial charge on any atom is -0.382 e. The first-order valence-corrected chi connectivity index (χ1v) is 9.33. The fraction of sp³-hybridized carbons (Fsp3) is 0.238. The summed E-state index contributed by atoms with van der Waals surface area (Å²) in [5.74, 6) is -1.37. The predicted octanol–water partition coefficient (Wildman–Crippen LogP) is 3.04. The van der Waals surface area contributed by atoms with Crippen LogP contribution in [0.15, 0.2) is 61.4 Å². The maximum atomic E-state index is 14.7. The fourth-order valence-corrected chi connectivity index (χ4v) is 3.60.